The van der Waals surface area contributed by atoms with Gasteiger partial charge < -0.3 is 9.72 Å². The first-order valence-electron chi connectivity index (χ1n) is 4.73. The molecule has 0 atom stereocenters. The monoisotopic (exact) mass is 235 g/mol. The van der Waals surface area contributed by atoms with E-state index in [0.29, 0.717) is 10.8 Å². The summed E-state index contributed by atoms with van der Waals surface area (Å²) in [6.45, 7) is 0. The molecule has 1 N–H and O–H groups in total. The predicted octanol–water partition coefficient (Wildman–Crippen LogP) is 2.70. The zero-order valence-corrected chi connectivity index (χ0v) is 9.41. The van der Waals surface area contributed by atoms with Crippen LogP contribution >= 0.6 is 11.6 Å². The van der Waals surface area contributed by atoms with Gasteiger partial charge in [-0.2, -0.15) is 0 Å². The van der Waals surface area contributed by atoms with Crippen molar-refractivity contribution in [3.63, 3.8) is 0 Å². The molecule has 0 aliphatic rings. The molecule has 2 rings (SSSR count). The molecule has 0 aliphatic heterocycles. The summed E-state index contributed by atoms with van der Waals surface area (Å²) < 4.78 is 5.23. The Bertz CT molecular complexity index is 543. The van der Waals surface area contributed by atoms with Crippen LogP contribution in [-0.4, -0.2) is 12.1 Å². The third-order valence-electron chi connectivity index (χ3n) is 2.26. The van der Waals surface area contributed by atoms with E-state index in [9.17, 15) is 4.79 Å². The quantitative estimate of drug-likeness (QED) is 0.870. The zero-order chi connectivity index (χ0) is 11.5. The number of methoxy groups -OCH3 is 1. The maximum Gasteiger partial charge on any atom is 0.247 e. The van der Waals surface area contributed by atoms with Crippen molar-refractivity contribution in [2.45, 2.75) is 0 Å². The molecule has 4 heteroatoms. The van der Waals surface area contributed by atoms with Gasteiger partial charge in [-0.3, -0.25) is 4.79 Å². The Balaban J connectivity index is 2.55. The van der Waals surface area contributed by atoms with Gasteiger partial charge in [-0.25, -0.2) is 0 Å². The van der Waals surface area contributed by atoms with Crippen molar-refractivity contribution in [2.24, 2.45) is 0 Å². The molecule has 16 heavy (non-hydrogen) atoms. The number of halogens is 1. The average Bonchev–Trinajstić information content (AvgIpc) is 2.30. The van der Waals surface area contributed by atoms with Gasteiger partial charge in [0.05, 0.1) is 7.11 Å². The molecule has 0 amide bonds. The summed E-state index contributed by atoms with van der Waals surface area (Å²) in [5, 5.41) is 0.616. The van der Waals surface area contributed by atoms with Crippen molar-refractivity contribution in [1.29, 1.82) is 0 Å². The number of ether oxygens (including phenoxy) is 1. The van der Waals surface area contributed by atoms with Crippen LogP contribution in [0.2, 0.25) is 5.02 Å². The molecule has 3 nitrogen and oxygen atoms in total. The van der Waals surface area contributed by atoms with Crippen LogP contribution in [0.3, 0.4) is 0 Å². The number of nitrogens with one attached hydrogen (secondary N) is 1. The van der Waals surface area contributed by atoms with Crippen molar-refractivity contribution in [1.82, 2.24) is 4.98 Å². The van der Waals surface area contributed by atoms with Crippen LogP contribution in [0, 0.1) is 0 Å². The normalized spacial score (nSPS) is 10.1. The van der Waals surface area contributed by atoms with Gasteiger partial charge in [0.1, 0.15) is 5.75 Å². The highest BCUT2D eigenvalue weighted by atomic mass is 35.5. The maximum absolute atomic E-state index is 11.0. The third-order valence-corrected chi connectivity index (χ3v) is 2.49. The van der Waals surface area contributed by atoms with Gasteiger partial charge in [-0.1, -0.05) is 11.6 Å². The van der Waals surface area contributed by atoms with Gasteiger partial charge in [0, 0.05) is 28.4 Å². The summed E-state index contributed by atoms with van der Waals surface area (Å²) in [6, 6.07) is 8.59. The molecule has 82 valence electrons. The third kappa shape index (κ3) is 2.09. The lowest BCUT2D eigenvalue weighted by atomic mass is 10.1. The number of H-pyrrole nitrogens is 1. The van der Waals surface area contributed by atoms with Crippen molar-refractivity contribution < 1.29 is 4.74 Å². The van der Waals surface area contributed by atoms with Crippen LogP contribution in [0.15, 0.2) is 41.3 Å². The second-order valence-electron chi connectivity index (χ2n) is 3.29. The maximum atomic E-state index is 11.0. The molecule has 1 heterocycles. The Kier molecular flexibility index (Phi) is 2.97. The molecule has 0 saturated carbocycles. The van der Waals surface area contributed by atoms with Crippen LogP contribution < -0.4 is 10.3 Å². The number of hydrogen-bond acceptors (Lipinski definition) is 2. The summed E-state index contributed by atoms with van der Waals surface area (Å²) in [7, 11) is 1.58. The van der Waals surface area contributed by atoms with Gasteiger partial charge in [0.15, 0.2) is 0 Å². The second-order valence-corrected chi connectivity index (χ2v) is 3.72. The molecule has 0 bridgehead atoms. The first kappa shape index (κ1) is 10.8. The van der Waals surface area contributed by atoms with Gasteiger partial charge in [0.2, 0.25) is 5.56 Å². The van der Waals surface area contributed by atoms with E-state index in [1.54, 1.807) is 31.5 Å². The largest absolute Gasteiger partial charge is 0.496 e. The highest BCUT2D eigenvalue weighted by molar-refractivity contribution is 6.30. The van der Waals surface area contributed by atoms with E-state index in [0.717, 1.165) is 11.1 Å². The topological polar surface area (TPSA) is 42.1 Å². The van der Waals surface area contributed by atoms with Crippen LogP contribution in [-0.2, 0) is 0 Å². The molecule has 0 unspecified atom stereocenters. The molecule has 1 aromatic heterocycles. The molecule has 0 radical (unpaired) electrons. The van der Waals surface area contributed by atoms with E-state index in [1.165, 1.54) is 6.07 Å². The van der Waals surface area contributed by atoms with Gasteiger partial charge in [-0.15, -0.1) is 0 Å². The van der Waals surface area contributed by atoms with Crippen LogP contribution in [0.5, 0.6) is 5.75 Å². The molecule has 0 aliphatic carbocycles. The SMILES string of the molecule is COc1cc(Cl)ccc1-c1ccc(=O)[nH]c1. The number of aromatic amines is 1. The van der Waals surface area contributed by atoms with E-state index >= 15 is 0 Å². The molecular weight excluding hydrogens is 226 g/mol. The van der Waals surface area contributed by atoms with E-state index < -0.39 is 0 Å². The van der Waals surface area contributed by atoms with Crippen molar-refractivity contribution in [3.05, 3.63) is 51.9 Å². The Hall–Kier alpha value is -1.74. The lowest BCUT2D eigenvalue weighted by molar-refractivity contribution is 0.416. The van der Waals surface area contributed by atoms with Crippen molar-refractivity contribution >= 4 is 11.6 Å². The van der Waals surface area contributed by atoms with E-state index in [2.05, 4.69) is 4.98 Å². The van der Waals surface area contributed by atoms with Crippen LogP contribution in [0.1, 0.15) is 0 Å². The van der Waals surface area contributed by atoms with Crippen LogP contribution in [0.4, 0.5) is 0 Å². The highest BCUT2D eigenvalue weighted by Crippen LogP contribution is 2.31. The smallest absolute Gasteiger partial charge is 0.247 e. The minimum Gasteiger partial charge on any atom is -0.496 e. The Labute approximate surface area is 97.7 Å². The number of hydrogen-bond donors (Lipinski definition) is 1. The van der Waals surface area contributed by atoms with E-state index in [4.69, 9.17) is 16.3 Å². The average molecular weight is 236 g/mol. The Morgan fingerprint density at radius 1 is 1.25 bits per heavy atom. The van der Waals surface area contributed by atoms with Crippen molar-refractivity contribution in [2.75, 3.05) is 7.11 Å². The summed E-state index contributed by atoms with van der Waals surface area (Å²) >= 11 is 5.87. The molecule has 0 spiro atoms. The summed E-state index contributed by atoms with van der Waals surface area (Å²) in [5.41, 5.74) is 1.65. The fraction of sp³-hybridized carbons (Fsp3) is 0.0833. The first-order chi connectivity index (χ1) is 7.70. The molecular formula is C12H10ClNO2. The van der Waals surface area contributed by atoms with Gasteiger partial charge in [-0.05, 0) is 24.3 Å². The number of benzene rings is 1. The Morgan fingerprint density at radius 2 is 2.06 bits per heavy atom. The fourth-order valence-electron chi connectivity index (χ4n) is 1.48. The standard InChI is InChI=1S/C12H10ClNO2/c1-16-11-6-9(13)3-4-10(11)8-2-5-12(15)14-7-8/h2-7H,1H3,(H,14,15). The highest BCUT2D eigenvalue weighted by Gasteiger charge is 2.06. The van der Waals surface area contributed by atoms with Gasteiger partial charge >= 0.3 is 0 Å². The lowest BCUT2D eigenvalue weighted by Crippen LogP contribution is -2.01. The molecule has 0 saturated heterocycles. The molecule has 1 aromatic carbocycles. The van der Waals surface area contributed by atoms with Gasteiger partial charge in [0.25, 0.3) is 0 Å². The molecule has 0 fully saturated rings. The number of rotatable bonds is 2. The minimum atomic E-state index is -0.128. The fourth-order valence-corrected chi connectivity index (χ4v) is 1.64. The van der Waals surface area contributed by atoms with Crippen LogP contribution in [0.25, 0.3) is 11.1 Å². The minimum absolute atomic E-state index is 0.128. The summed E-state index contributed by atoms with van der Waals surface area (Å²) in [6.07, 6.45) is 1.65. The lowest BCUT2D eigenvalue weighted by Gasteiger charge is -2.08. The Morgan fingerprint density at radius 3 is 2.69 bits per heavy atom. The predicted molar refractivity (Wildman–Crippen MR) is 64.1 cm³/mol. The van der Waals surface area contributed by atoms with E-state index in [-0.39, 0.29) is 5.56 Å². The van der Waals surface area contributed by atoms with E-state index in [1.807, 2.05) is 6.07 Å². The first-order valence-corrected chi connectivity index (χ1v) is 5.11. The summed E-state index contributed by atoms with van der Waals surface area (Å²) in [5.74, 6) is 0.680. The second kappa shape index (κ2) is 4.41. The number of pyridine rings is 1. The zero-order valence-electron chi connectivity index (χ0n) is 8.66. The number of aromatic nitrogens is 1. The molecule has 2 aromatic rings. The summed E-state index contributed by atoms with van der Waals surface area (Å²) in [4.78, 5) is 13.6. The van der Waals surface area contributed by atoms with Crippen molar-refractivity contribution in [3.8, 4) is 16.9 Å².